The number of hydrogen-bond acceptors (Lipinski definition) is 8. The lowest BCUT2D eigenvalue weighted by atomic mass is 9.92. The number of morpholine rings is 1. The highest BCUT2D eigenvalue weighted by molar-refractivity contribution is 5.96. The van der Waals surface area contributed by atoms with E-state index in [0.717, 1.165) is 0 Å². The number of amides is 2. The molecule has 10 nitrogen and oxygen atoms in total. The topological polar surface area (TPSA) is 110 Å². The number of aromatic nitrogens is 2. The van der Waals surface area contributed by atoms with Crippen LogP contribution in [0.3, 0.4) is 0 Å². The SMILES string of the molecule is CC(C)CN(C(=O)c1cnc(C(C)(C)C)nc1OCc1ccco1)[C@@H]1CNC[C@@H](C(=O)N2CCOCC2)C1. The van der Waals surface area contributed by atoms with E-state index in [1.807, 2.05) is 36.6 Å². The van der Waals surface area contributed by atoms with Crippen LogP contribution in [0.25, 0.3) is 0 Å². The summed E-state index contributed by atoms with van der Waals surface area (Å²) in [4.78, 5) is 40.3. The first-order valence-electron chi connectivity index (χ1n) is 13.5. The van der Waals surface area contributed by atoms with Crippen molar-refractivity contribution in [2.45, 2.75) is 59.1 Å². The Morgan fingerprint density at radius 2 is 2.00 bits per heavy atom. The molecule has 38 heavy (non-hydrogen) atoms. The van der Waals surface area contributed by atoms with Crippen LogP contribution in [0.5, 0.6) is 5.88 Å². The molecule has 0 aromatic carbocycles. The maximum absolute atomic E-state index is 14.1. The third-order valence-corrected chi connectivity index (χ3v) is 6.85. The van der Waals surface area contributed by atoms with Crippen molar-refractivity contribution in [3.8, 4) is 5.88 Å². The molecule has 4 rings (SSSR count). The van der Waals surface area contributed by atoms with E-state index in [-0.39, 0.29) is 47.6 Å². The van der Waals surface area contributed by atoms with E-state index in [0.29, 0.717) is 69.5 Å². The summed E-state index contributed by atoms with van der Waals surface area (Å²) >= 11 is 0. The van der Waals surface area contributed by atoms with Crippen molar-refractivity contribution < 1.29 is 23.5 Å². The minimum atomic E-state index is -0.317. The molecule has 2 saturated heterocycles. The van der Waals surface area contributed by atoms with Crippen LogP contribution in [0.1, 0.15) is 63.0 Å². The second-order valence-electron chi connectivity index (χ2n) is 11.6. The standard InChI is InChI=1S/C28H41N5O5/c1-19(2)17-33(21-13-20(14-29-15-21)25(34)32-8-11-36-12-9-32)26(35)23-16-30-27(28(3,4)5)31-24(23)38-18-22-7-6-10-37-22/h6-7,10,16,19-21,29H,8-9,11-15,17-18H2,1-5H3/t20-,21-/m0/s1. The molecule has 2 aromatic heterocycles. The largest absolute Gasteiger partial charge is 0.469 e. The Bertz CT molecular complexity index is 1080. The number of carbonyl (C=O) groups excluding carboxylic acids is 2. The summed E-state index contributed by atoms with van der Waals surface area (Å²) in [7, 11) is 0. The molecule has 0 spiro atoms. The number of nitrogens with one attached hydrogen (secondary N) is 1. The van der Waals surface area contributed by atoms with Gasteiger partial charge >= 0.3 is 0 Å². The molecule has 4 heterocycles. The molecular weight excluding hydrogens is 486 g/mol. The van der Waals surface area contributed by atoms with Crippen LogP contribution in [0.4, 0.5) is 0 Å². The van der Waals surface area contributed by atoms with Gasteiger partial charge in [-0.1, -0.05) is 34.6 Å². The average molecular weight is 528 g/mol. The van der Waals surface area contributed by atoms with Crippen LogP contribution in [0, 0.1) is 11.8 Å². The third-order valence-electron chi connectivity index (χ3n) is 6.85. The van der Waals surface area contributed by atoms with Crippen molar-refractivity contribution in [3.05, 3.63) is 41.7 Å². The van der Waals surface area contributed by atoms with Gasteiger partial charge in [0.1, 0.15) is 23.8 Å². The highest BCUT2D eigenvalue weighted by Crippen LogP contribution is 2.27. The summed E-state index contributed by atoms with van der Waals surface area (Å²) in [5, 5.41) is 3.40. The van der Waals surface area contributed by atoms with E-state index in [4.69, 9.17) is 13.9 Å². The summed E-state index contributed by atoms with van der Waals surface area (Å²) < 4.78 is 16.9. The first-order valence-corrected chi connectivity index (χ1v) is 13.5. The lowest BCUT2D eigenvalue weighted by molar-refractivity contribution is -0.140. The Morgan fingerprint density at radius 3 is 2.66 bits per heavy atom. The smallest absolute Gasteiger partial charge is 0.261 e. The molecule has 0 saturated carbocycles. The first kappa shape index (κ1) is 28.0. The van der Waals surface area contributed by atoms with Gasteiger partial charge in [-0.3, -0.25) is 9.59 Å². The number of nitrogens with zero attached hydrogens (tertiary/aromatic N) is 4. The van der Waals surface area contributed by atoms with Crippen molar-refractivity contribution >= 4 is 11.8 Å². The van der Waals surface area contributed by atoms with Gasteiger partial charge in [-0.25, -0.2) is 4.98 Å². The molecule has 2 aromatic rings. The van der Waals surface area contributed by atoms with Gasteiger partial charge in [0.05, 0.1) is 25.4 Å². The van der Waals surface area contributed by atoms with Gasteiger partial charge in [-0.2, -0.15) is 4.98 Å². The molecule has 1 N–H and O–H groups in total. The van der Waals surface area contributed by atoms with Gasteiger partial charge in [-0.05, 0) is 24.5 Å². The van der Waals surface area contributed by atoms with Crippen LogP contribution >= 0.6 is 0 Å². The van der Waals surface area contributed by atoms with E-state index in [1.54, 1.807) is 18.5 Å². The van der Waals surface area contributed by atoms with Crippen molar-refractivity contribution in [2.24, 2.45) is 11.8 Å². The minimum absolute atomic E-state index is 0.128. The number of ether oxygens (including phenoxy) is 2. The van der Waals surface area contributed by atoms with Gasteiger partial charge in [0.2, 0.25) is 11.8 Å². The Kier molecular flexibility index (Phi) is 9.04. The van der Waals surface area contributed by atoms with Gasteiger partial charge in [0, 0.05) is 50.4 Å². The lowest BCUT2D eigenvalue weighted by Gasteiger charge is -2.40. The lowest BCUT2D eigenvalue weighted by Crippen LogP contribution is -2.56. The molecule has 10 heteroatoms. The summed E-state index contributed by atoms with van der Waals surface area (Å²) in [6.07, 6.45) is 3.76. The van der Waals surface area contributed by atoms with Crippen LogP contribution in [-0.4, -0.2) is 83.6 Å². The zero-order valence-electron chi connectivity index (χ0n) is 23.2. The molecule has 2 atom stereocenters. The van der Waals surface area contributed by atoms with E-state index in [9.17, 15) is 9.59 Å². The molecule has 2 fully saturated rings. The second kappa shape index (κ2) is 12.3. The third kappa shape index (κ3) is 6.91. The first-order chi connectivity index (χ1) is 18.1. The Morgan fingerprint density at radius 1 is 1.24 bits per heavy atom. The minimum Gasteiger partial charge on any atom is -0.469 e. The van der Waals surface area contributed by atoms with Crippen LogP contribution < -0.4 is 10.1 Å². The maximum atomic E-state index is 14.1. The summed E-state index contributed by atoms with van der Waals surface area (Å²) in [6, 6.07) is 3.46. The fourth-order valence-electron chi connectivity index (χ4n) is 4.85. The number of furan rings is 1. The molecule has 208 valence electrons. The fourth-order valence-corrected chi connectivity index (χ4v) is 4.85. The summed E-state index contributed by atoms with van der Waals surface area (Å²) in [5.74, 6) is 1.45. The molecule has 0 radical (unpaired) electrons. The number of hydrogen-bond donors (Lipinski definition) is 1. The summed E-state index contributed by atoms with van der Waals surface area (Å²) in [6.45, 7) is 14.5. The number of rotatable bonds is 8. The highest BCUT2D eigenvalue weighted by atomic mass is 16.5. The number of carbonyl (C=O) groups is 2. The molecule has 2 aliphatic heterocycles. The zero-order chi connectivity index (χ0) is 27.3. The van der Waals surface area contributed by atoms with Crippen LogP contribution in [-0.2, 0) is 21.6 Å². The van der Waals surface area contributed by atoms with Gasteiger partial charge in [0.15, 0.2) is 0 Å². The highest BCUT2D eigenvalue weighted by Gasteiger charge is 2.36. The van der Waals surface area contributed by atoms with E-state index < -0.39 is 0 Å². The summed E-state index contributed by atoms with van der Waals surface area (Å²) in [5.41, 5.74) is -0.00522. The quantitative estimate of drug-likeness (QED) is 0.558. The van der Waals surface area contributed by atoms with E-state index >= 15 is 0 Å². The molecule has 2 amide bonds. The van der Waals surface area contributed by atoms with Crippen molar-refractivity contribution in [1.29, 1.82) is 0 Å². The van der Waals surface area contributed by atoms with Gasteiger partial charge in [-0.15, -0.1) is 0 Å². The van der Waals surface area contributed by atoms with Gasteiger partial charge < -0.3 is 29.0 Å². The Hall–Kier alpha value is -2.98. The molecular formula is C28H41N5O5. The predicted molar refractivity (Wildman–Crippen MR) is 142 cm³/mol. The van der Waals surface area contributed by atoms with Crippen molar-refractivity contribution in [1.82, 2.24) is 25.1 Å². The number of piperidine rings is 1. The van der Waals surface area contributed by atoms with Crippen LogP contribution in [0.2, 0.25) is 0 Å². The average Bonchev–Trinajstić information content (AvgIpc) is 3.43. The molecule has 0 bridgehead atoms. The molecule has 2 aliphatic rings. The fraction of sp³-hybridized carbons (Fsp3) is 0.643. The van der Waals surface area contributed by atoms with E-state index in [1.165, 1.54) is 0 Å². The predicted octanol–water partition coefficient (Wildman–Crippen LogP) is 2.88. The monoisotopic (exact) mass is 527 g/mol. The maximum Gasteiger partial charge on any atom is 0.261 e. The van der Waals surface area contributed by atoms with E-state index in [2.05, 4.69) is 29.1 Å². The second-order valence-corrected chi connectivity index (χ2v) is 11.6. The van der Waals surface area contributed by atoms with Crippen molar-refractivity contribution in [3.63, 3.8) is 0 Å². The Balaban J connectivity index is 1.58. The molecule has 0 unspecified atom stereocenters. The zero-order valence-corrected chi connectivity index (χ0v) is 23.2. The Labute approximate surface area is 225 Å². The van der Waals surface area contributed by atoms with Gasteiger partial charge in [0.25, 0.3) is 5.91 Å². The van der Waals surface area contributed by atoms with Crippen LogP contribution in [0.15, 0.2) is 29.0 Å². The normalized spacial score (nSPS) is 20.4. The van der Waals surface area contributed by atoms with Crippen molar-refractivity contribution in [2.75, 3.05) is 45.9 Å². The molecule has 0 aliphatic carbocycles.